The van der Waals surface area contributed by atoms with Gasteiger partial charge in [-0.05, 0) is 111 Å². The number of unbranched alkanes of at least 4 members (excludes halogenated alkanes) is 1. The standard InChI is InChI=1S/C57H81N11O14/c1-33(2)25-42(64-53(77)44(28-35-11-6-5-7-12-35)62-49(73)31-60-48(72)30-61-50(74)40(59)27-36-15-19-38(70)20-16-36)52(76)67-46(32-69)54(78)66-45(29-37-17-21-39(71)22-18-37)56(80)68-24-10-14-47(68)55(79)65-43(26-34(3)4)51(75)63-41(57(81)82)13-8-9-23-58/h5-7,11-12,15-22,33-34,40-47,69-71H,8-10,13-14,23-32,58-59H2,1-4H3,(H,60,72)(H,61,74)(H,62,73)(H,63,75)(H,64,77)(H,65,79)(H,66,78)(H,67,76)(H,81,82)/t40-,41-,42-,43-,44-,45-,46-,47-/m0/s1. The van der Waals surface area contributed by atoms with Crippen LogP contribution >= 0.6 is 0 Å². The third-order valence-electron chi connectivity index (χ3n) is 13.4. The average molecular weight is 1140 g/mol. The minimum atomic E-state index is -1.70. The van der Waals surface area contributed by atoms with Crippen LogP contribution in [0.3, 0.4) is 0 Å². The number of nitrogens with two attached hydrogens (primary N) is 2. The van der Waals surface area contributed by atoms with Crippen LogP contribution in [0.15, 0.2) is 78.9 Å². The Labute approximate surface area is 476 Å². The molecule has 0 saturated carbocycles. The van der Waals surface area contributed by atoms with E-state index in [1.807, 2.05) is 13.8 Å². The van der Waals surface area contributed by atoms with Crippen LogP contribution < -0.4 is 54.0 Å². The molecule has 1 aliphatic rings. The summed E-state index contributed by atoms with van der Waals surface area (Å²) in [6, 6.07) is 10.2. The molecular formula is C57H81N11O14. The summed E-state index contributed by atoms with van der Waals surface area (Å²) in [5.41, 5.74) is 13.3. The molecule has 16 N–H and O–H groups in total. The molecule has 1 heterocycles. The normalized spacial score (nSPS) is 15.6. The van der Waals surface area contributed by atoms with E-state index in [0.717, 1.165) is 0 Å². The Kier molecular flexibility index (Phi) is 27.2. The zero-order valence-electron chi connectivity index (χ0n) is 46.9. The zero-order chi connectivity index (χ0) is 60.5. The summed E-state index contributed by atoms with van der Waals surface area (Å²) in [5.74, 6) is -8.66. The van der Waals surface area contributed by atoms with Crippen LogP contribution in [0, 0.1) is 11.8 Å². The molecule has 448 valence electrons. The van der Waals surface area contributed by atoms with Crippen molar-refractivity contribution in [3.63, 3.8) is 0 Å². The predicted octanol–water partition coefficient (Wildman–Crippen LogP) is -1.12. The smallest absolute Gasteiger partial charge is 0.326 e. The van der Waals surface area contributed by atoms with Gasteiger partial charge in [-0.1, -0.05) is 82.3 Å². The second-order valence-corrected chi connectivity index (χ2v) is 21.2. The maximum absolute atomic E-state index is 14.6. The van der Waals surface area contributed by atoms with Crippen LogP contribution in [0.25, 0.3) is 0 Å². The van der Waals surface area contributed by atoms with Gasteiger partial charge in [-0.25, -0.2) is 4.79 Å². The Morgan fingerprint density at radius 3 is 1.61 bits per heavy atom. The molecule has 25 nitrogen and oxygen atoms in total. The van der Waals surface area contributed by atoms with E-state index in [9.17, 15) is 68.4 Å². The number of phenols is 2. The average Bonchev–Trinajstić information content (AvgIpc) is 4.00. The summed E-state index contributed by atoms with van der Waals surface area (Å²) in [6.07, 6.45) is 1.68. The number of aromatic hydroxyl groups is 2. The molecule has 0 unspecified atom stereocenters. The molecule has 0 bridgehead atoms. The lowest BCUT2D eigenvalue weighted by Gasteiger charge is -2.31. The number of likely N-dealkylation sites (tertiary alicyclic amines) is 1. The predicted molar refractivity (Wildman–Crippen MR) is 301 cm³/mol. The number of amides is 9. The zero-order valence-corrected chi connectivity index (χ0v) is 46.9. The highest BCUT2D eigenvalue weighted by molar-refractivity contribution is 5.98. The molecule has 4 rings (SSSR count). The van der Waals surface area contributed by atoms with Crippen molar-refractivity contribution < 1.29 is 68.4 Å². The van der Waals surface area contributed by atoms with Gasteiger partial charge in [0.05, 0.1) is 25.7 Å². The van der Waals surface area contributed by atoms with Gasteiger partial charge in [-0.2, -0.15) is 0 Å². The number of nitrogens with one attached hydrogen (secondary N) is 8. The van der Waals surface area contributed by atoms with Crippen molar-refractivity contribution >= 4 is 59.1 Å². The van der Waals surface area contributed by atoms with E-state index in [1.165, 1.54) is 41.3 Å². The SMILES string of the molecule is CC(C)C[C@H](NC(=O)[C@H](Cc1ccccc1)NC(=O)CNC(=O)CNC(=O)[C@@H](N)Cc1ccc(O)cc1)C(=O)N[C@@H](CO)C(=O)N[C@@H](Cc1ccc(O)cc1)C(=O)N1CCC[C@H]1C(=O)N[C@@H](CC(C)C)C(=O)N[C@@H](CCCCN)C(=O)O. The van der Waals surface area contributed by atoms with Crippen LogP contribution in [0.5, 0.6) is 11.5 Å². The Morgan fingerprint density at radius 1 is 0.561 bits per heavy atom. The fourth-order valence-corrected chi connectivity index (χ4v) is 9.10. The molecule has 25 heteroatoms. The van der Waals surface area contributed by atoms with Gasteiger partial charge in [-0.15, -0.1) is 0 Å². The second kappa shape index (κ2) is 33.6. The highest BCUT2D eigenvalue weighted by Gasteiger charge is 2.40. The van der Waals surface area contributed by atoms with E-state index >= 15 is 0 Å². The lowest BCUT2D eigenvalue weighted by Crippen LogP contribution is -2.61. The lowest BCUT2D eigenvalue weighted by molar-refractivity contribution is -0.144. The molecule has 0 spiro atoms. The molecule has 8 atom stereocenters. The fraction of sp³-hybridized carbons (Fsp3) is 0.509. The van der Waals surface area contributed by atoms with Crippen LogP contribution in [0.2, 0.25) is 0 Å². The number of carboxylic acid groups (broad SMARTS) is 1. The first kappa shape index (κ1) is 66.4. The van der Waals surface area contributed by atoms with E-state index in [4.69, 9.17) is 11.5 Å². The van der Waals surface area contributed by atoms with Crippen molar-refractivity contribution in [2.75, 3.05) is 32.8 Å². The Bertz CT molecular complexity index is 2620. The van der Waals surface area contributed by atoms with Crippen molar-refractivity contribution in [3.8, 4) is 11.5 Å². The fourth-order valence-electron chi connectivity index (χ4n) is 9.10. The Hall–Kier alpha value is -8.16. The molecule has 1 saturated heterocycles. The maximum Gasteiger partial charge on any atom is 0.326 e. The minimum Gasteiger partial charge on any atom is -0.508 e. The molecule has 9 amide bonds. The van der Waals surface area contributed by atoms with Crippen LogP contribution in [0.4, 0.5) is 0 Å². The van der Waals surface area contributed by atoms with E-state index in [2.05, 4.69) is 42.5 Å². The maximum atomic E-state index is 14.6. The number of benzene rings is 3. The van der Waals surface area contributed by atoms with Crippen LogP contribution in [-0.2, 0) is 67.2 Å². The van der Waals surface area contributed by atoms with Gasteiger partial charge in [0.1, 0.15) is 53.8 Å². The summed E-state index contributed by atoms with van der Waals surface area (Å²) < 4.78 is 0. The summed E-state index contributed by atoms with van der Waals surface area (Å²) >= 11 is 0. The number of carboxylic acids is 1. The number of hydrogen-bond donors (Lipinski definition) is 14. The first-order valence-corrected chi connectivity index (χ1v) is 27.5. The van der Waals surface area contributed by atoms with Crippen molar-refractivity contribution in [3.05, 3.63) is 95.6 Å². The molecule has 3 aromatic rings. The number of carbonyl (C=O) groups is 10. The lowest BCUT2D eigenvalue weighted by atomic mass is 10.0. The van der Waals surface area contributed by atoms with Crippen molar-refractivity contribution in [2.45, 2.75) is 140 Å². The number of nitrogens with zero attached hydrogens (tertiary/aromatic N) is 1. The highest BCUT2D eigenvalue weighted by Crippen LogP contribution is 2.22. The van der Waals surface area contributed by atoms with Gasteiger partial charge in [0.15, 0.2) is 0 Å². The van der Waals surface area contributed by atoms with E-state index < -0.39 is 127 Å². The number of carbonyl (C=O) groups excluding carboxylic acids is 9. The van der Waals surface area contributed by atoms with Gasteiger partial charge >= 0.3 is 5.97 Å². The van der Waals surface area contributed by atoms with Gasteiger partial charge in [0.25, 0.3) is 0 Å². The number of hydrogen-bond acceptors (Lipinski definition) is 15. The minimum absolute atomic E-state index is 0.0126. The largest absolute Gasteiger partial charge is 0.508 e. The van der Waals surface area contributed by atoms with E-state index in [1.54, 1.807) is 56.3 Å². The molecule has 0 aromatic heterocycles. The summed E-state index contributed by atoms with van der Waals surface area (Å²) in [6.45, 7) is 5.49. The van der Waals surface area contributed by atoms with Crippen molar-refractivity contribution in [1.29, 1.82) is 0 Å². The number of rotatable bonds is 33. The van der Waals surface area contributed by atoms with E-state index in [0.29, 0.717) is 42.5 Å². The van der Waals surface area contributed by atoms with Gasteiger partial charge in [-0.3, -0.25) is 43.2 Å². The second-order valence-electron chi connectivity index (χ2n) is 21.2. The van der Waals surface area contributed by atoms with E-state index in [-0.39, 0.29) is 74.8 Å². The van der Waals surface area contributed by atoms with Crippen molar-refractivity contribution in [2.24, 2.45) is 23.3 Å². The van der Waals surface area contributed by atoms with Gasteiger partial charge in [0, 0.05) is 19.4 Å². The number of aliphatic hydroxyl groups is 1. The molecule has 82 heavy (non-hydrogen) atoms. The summed E-state index contributed by atoms with van der Waals surface area (Å²) in [7, 11) is 0. The highest BCUT2D eigenvalue weighted by atomic mass is 16.4. The first-order chi connectivity index (χ1) is 39.0. The van der Waals surface area contributed by atoms with Crippen molar-refractivity contribution in [1.82, 2.24) is 47.4 Å². The Morgan fingerprint density at radius 2 is 1.05 bits per heavy atom. The summed E-state index contributed by atoms with van der Waals surface area (Å²) in [5, 5.41) is 60.3. The molecular weight excluding hydrogens is 1060 g/mol. The van der Waals surface area contributed by atoms with Crippen LogP contribution in [-0.4, -0.2) is 166 Å². The topological polar surface area (TPSA) is 403 Å². The monoisotopic (exact) mass is 1140 g/mol. The number of aliphatic hydroxyl groups excluding tert-OH is 1. The quantitative estimate of drug-likeness (QED) is 0.0321. The molecule has 0 radical (unpaired) electrons. The Balaban J connectivity index is 1.47. The summed E-state index contributed by atoms with van der Waals surface area (Å²) in [4.78, 5) is 137. The number of aliphatic carboxylic acids is 1. The third kappa shape index (κ3) is 22.4. The first-order valence-electron chi connectivity index (χ1n) is 27.5. The molecule has 1 aliphatic heterocycles. The number of phenolic OH excluding ortho intramolecular Hbond substituents is 2. The van der Waals surface area contributed by atoms with Gasteiger partial charge in [0.2, 0.25) is 53.2 Å². The van der Waals surface area contributed by atoms with Crippen LogP contribution in [0.1, 0.15) is 89.3 Å². The molecule has 0 aliphatic carbocycles. The molecule has 3 aromatic carbocycles. The van der Waals surface area contributed by atoms with Gasteiger partial charge < -0.3 is 79.3 Å². The molecule has 1 fully saturated rings. The third-order valence-corrected chi connectivity index (χ3v) is 13.4.